The first-order valence-corrected chi connectivity index (χ1v) is 6.39. The molecule has 0 bridgehead atoms. The topological polar surface area (TPSA) is 58.6 Å². The van der Waals surface area contributed by atoms with Gasteiger partial charge in [0.25, 0.3) is 0 Å². The van der Waals surface area contributed by atoms with E-state index in [-0.39, 0.29) is 18.4 Å². The third kappa shape index (κ3) is 4.55. The van der Waals surface area contributed by atoms with Crippen molar-refractivity contribution in [2.45, 2.75) is 51.7 Å². The fourth-order valence-electron chi connectivity index (χ4n) is 2.04. The molecule has 1 N–H and O–H groups in total. The van der Waals surface area contributed by atoms with E-state index in [2.05, 4.69) is 12.2 Å². The maximum absolute atomic E-state index is 11.6. The van der Waals surface area contributed by atoms with Crippen LogP contribution in [0.25, 0.3) is 0 Å². The Balaban J connectivity index is 2.38. The molecule has 18 heavy (non-hydrogen) atoms. The summed E-state index contributed by atoms with van der Waals surface area (Å²) in [5.74, 6) is 0.0449. The molecule has 1 unspecified atom stereocenters. The highest BCUT2D eigenvalue weighted by molar-refractivity contribution is 5.77. The molecule has 0 aromatic rings. The number of amides is 2. The molecule has 0 saturated carbocycles. The summed E-state index contributed by atoms with van der Waals surface area (Å²) < 4.78 is 5.15. The van der Waals surface area contributed by atoms with Crippen LogP contribution in [0.2, 0.25) is 0 Å². The molecule has 1 aliphatic heterocycles. The molecule has 1 rings (SSSR count). The molecular weight excluding hydrogens is 232 g/mol. The number of alkyl carbamates (subject to hydrolysis) is 1. The lowest BCUT2D eigenvalue weighted by Crippen LogP contribution is -2.44. The first-order valence-electron chi connectivity index (χ1n) is 6.39. The van der Waals surface area contributed by atoms with E-state index < -0.39 is 11.7 Å². The van der Waals surface area contributed by atoms with Crippen molar-refractivity contribution in [3.63, 3.8) is 0 Å². The van der Waals surface area contributed by atoms with Crippen molar-refractivity contribution >= 4 is 12.0 Å². The monoisotopic (exact) mass is 255 g/mol. The van der Waals surface area contributed by atoms with E-state index in [4.69, 9.17) is 4.74 Å². The third-order valence-corrected chi connectivity index (χ3v) is 2.79. The van der Waals surface area contributed by atoms with Crippen molar-refractivity contribution < 1.29 is 14.3 Å². The molecule has 0 aromatic carbocycles. The van der Waals surface area contributed by atoms with Crippen LogP contribution in [0.1, 0.15) is 40.0 Å². The Morgan fingerprint density at radius 3 is 2.67 bits per heavy atom. The Hall–Kier alpha value is -1.26. The van der Waals surface area contributed by atoms with Crippen LogP contribution in [-0.2, 0) is 9.53 Å². The molecule has 1 saturated heterocycles. The highest BCUT2D eigenvalue weighted by Crippen LogP contribution is 2.17. The average molecular weight is 255 g/mol. The first-order chi connectivity index (χ1) is 8.33. The maximum atomic E-state index is 11.6. The van der Waals surface area contributed by atoms with Gasteiger partial charge in [0.1, 0.15) is 5.60 Å². The van der Waals surface area contributed by atoms with E-state index in [0.717, 1.165) is 19.4 Å². The third-order valence-electron chi connectivity index (χ3n) is 2.79. The van der Waals surface area contributed by atoms with Crippen LogP contribution in [0.15, 0.2) is 0 Å². The summed E-state index contributed by atoms with van der Waals surface area (Å²) in [5, 5.41) is 2.71. The van der Waals surface area contributed by atoms with E-state index >= 15 is 0 Å². The van der Waals surface area contributed by atoms with Gasteiger partial charge in [-0.05, 0) is 40.5 Å². The summed E-state index contributed by atoms with van der Waals surface area (Å²) in [7, 11) is 0. The van der Waals surface area contributed by atoms with Crippen LogP contribution < -0.4 is 5.32 Å². The fourth-order valence-corrected chi connectivity index (χ4v) is 2.04. The summed E-state index contributed by atoms with van der Waals surface area (Å²) in [6.45, 7) is 10.3. The zero-order valence-electron chi connectivity index (χ0n) is 11.5. The van der Waals surface area contributed by atoms with Gasteiger partial charge in [0, 0.05) is 25.6 Å². The molecule has 103 valence electrons. The molecule has 2 amide bonds. The second kappa shape index (κ2) is 6.07. The number of ether oxygens (including phenoxy) is 1. The standard InChI is InChI=1S/C13H23N2O3/c1-5-11(16)15-8-6-7-10(15)9-14-12(17)18-13(2,3)4/h10H,1,5-9H2,2-4H3,(H,14,17). The number of rotatable bonds is 3. The summed E-state index contributed by atoms with van der Waals surface area (Å²) in [6.07, 6.45) is 1.73. The van der Waals surface area contributed by atoms with Gasteiger partial charge in [-0.15, -0.1) is 0 Å². The molecule has 0 aromatic heterocycles. The van der Waals surface area contributed by atoms with Crippen LogP contribution in [0.3, 0.4) is 0 Å². The second-order valence-corrected chi connectivity index (χ2v) is 5.52. The number of carbonyl (C=O) groups excluding carboxylic acids is 2. The van der Waals surface area contributed by atoms with Crippen LogP contribution in [0.5, 0.6) is 0 Å². The van der Waals surface area contributed by atoms with E-state index in [9.17, 15) is 9.59 Å². The van der Waals surface area contributed by atoms with Crippen LogP contribution in [0.4, 0.5) is 4.79 Å². The largest absolute Gasteiger partial charge is 0.444 e. The number of likely N-dealkylation sites (tertiary alicyclic amines) is 1. The Kier molecular flexibility index (Phi) is 4.99. The predicted octanol–water partition coefficient (Wildman–Crippen LogP) is 1.73. The quantitative estimate of drug-likeness (QED) is 0.835. The number of hydrogen-bond donors (Lipinski definition) is 1. The Morgan fingerprint density at radius 2 is 2.11 bits per heavy atom. The van der Waals surface area contributed by atoms with Gasteiger partial charge in [0.05, 0.1) is 0 Å². The Bertz CT molecular complexity index is 310. The molecule has 1 atom stereocenters. The minimum atomic E-state index is -0.497. The van der Waals surface area contributed by atoms with Crippen molar-refractivity contribution in [1.29, 1.82) is 0 Å². The lowest BCUT2D eigenvalue weighted by atomic mass is 10.2. The summed E-state index contributed by atoms with van der Waals surface area (Å²) in [6, 6.07) is 0.0757. The summed E-state index contributed by atoms with van der Waals surface area (Å²) in [4.78, 5) is 24.9. The molecule has 1 radical (unpaired) electrons. The van der Waals surface area contributed by atoms with E-state index in [1.54, 1.807) is 4.90 Å². The molecule has 1 heterocycles. The average Bonchev–Trinajstić information content (AvgIpc) is 2.71. The zero-order chi connectivity index (χ0) is 13.8. The van der Waals surface area contributed by atoms with Crippen molar-refractivity contribution in [1.82, 2.24) is 10.2 Å². The molecule has 1 fully saturated rings. The van der Waals surface area contributed by atoms with E-state index in [1.807, 2.05) is 20.8 Å². The number of nitrogens with zero attached hydrogens (tertiary/aromatic N) is 1. The van der Waals surface area contributed by atoms with Crippen molar-refractivity contribution in [2.24, 2.45) is 0 Å². The Morgan fingerprint density at radius 1 is 1.44 bits per heavy atom. The Labute approximate surface area is 109 Å². The van der Waals surface area contributed by atoms with E-state index in [0.29, 0.717) is 6.54 Å². The second-order valence-electron chi connectivity index (χ2n) is 5.52. The highest BCUT2D eigenvalue weighted by atomic mass is 16.6. The number of hydrogen-bond acceptors (Lipinski definition) is 3. The first kappa shape index (κ1) is 14.8. The van der Waals surface area contributed by atoms with Gasteiger partial charge < -0.3 is 15.0 Å². The molecule has 0 spiro atoms. The van der Waals surface area contributed by atoms with Crippen LogP contribution in [-0.4, -0.2) is 41.6 Å². The van der Waals surface area contributed by atoms with Gasteiger partial charge >= 0.3 is 6.09 Å². The predicted molar refractivity (Wildman–Crippen MR) is 68.9 cm³/mol. The molecule has 5 nitrogen and oxygen atoms in total. The van der Waals surface area contributed by atoms with Crippen LogP contribution >= 0.6 is 0 Å². The minimum absolute atomic E-state index is 0.0449. The van der Waals surface area contributed by atoms with Gasteiger partial charge in [0.15, 0.2) is 0 Å². The number of nitrogens with one attached hydrogen (secondary N) is 1. The van der Waals surface area contributed by atoms with Crippen LogP contribution in [0, 0.1) is 6.92 Å². The van der Waals surface area contributed by atoms with Crippen molar-refractivity contribution in [3.05, 3.63) is 6.92 Å². The molecular formula is C13H23N2O3. The smallest absolute Gasteiger partial charge is 0.407 e. The fraction of sp³-hybridized carbons (Fsp3) is 0.769. The zero-order valence-corrected chi connectivity index (χ0v) is 11.5. The normalized spacial score (nSPS) is 19.8. The van der Waals surface area contributed by atoms with E-state index in [1.165, 1.54) is 0 Å². The van der Waals surface area contributed by atoms with Gasteiger partial charge in [-0.25, -0.2) is 4.79 Å². The van der Waals surface area contributed by atoms with Gasteiger partial charge in [-0.3, -0.25) is 4.79 Å². The lowest BCUT2D eigenvalue weighted by molar-refractivity contribution is -0.131. The lowest BCUT2D eigenvalue weighted by Gasteiger charge is -2.25. The SMILES string of the molecule is [CH2]CC(=O)N1CCCC1CNC(=O)OC(C)(C)C. The van der Waals surface area contributed by atoms with Gasteiger partial charge in [-0.2, -0.15) is 0 Å². The maximum Gasteiger partial charge on any atom is 0.407 e. The number of carbonyl (C=O) groups is 2. The highest BCUT2D eigenvalue weighted by Gasteiger charge is 2.28. The summed E-state index contributed by atoms with van der Waals surface area (Å²) in [5.41, 5.74) is -0.497. The van der Waals surface area contributed by atoms with Gasteiger partial charge in [0.2, 0.25) is 5.91 Å². The van der Waals surface area contributed by atoms with Gasteiger partial charge in [-0.1, -0.05) is 0 Å². The minimum Gasteiger partial charge on any atom is -0.444 e. The van der Waals surface area contributed by atoms with Crippen molar-refractivity contribution in [2.75, 3.05) is 13.1 Å². The molecule has 5 heteroatoms. The molecule has 1 aliphatic rings. The molecule has 0 aliphatic carbocycles. The van der Waals surface area contributed by atoms with Crippen molar-refractivity contribution in [3.8, 4) is 0 Å². The summed E-state index contributed by atoms with van der Waals surface area (Å²) >= 11 is 0.